The predicted molar refractivity (Wildman–Crippen MR) is 166 cm³/mol. The topological polar surface area (TPSA) is 66.8 Å². The first-order valence-electron chi connectivity index (χ1n) is 13.2. The van der Waals surface area contributed by atoms with Crippen molar-refractivity contribution in [3.05, 3.63) is 132 Å². The van der Waals surface area contributed by atoms with Gasteiger partial charge >= 0.3 is 11.6 Å². The standard InChI is InChI=1S/C34H18N8/c1-35-29-30(36-2)40-34-33(39-29)41(27-19-9-13-21-11-3-5-15-23(21)27)31-32(38-26-18-8-7-17-25(26)37-31)42(34)28-20-10-14-22-12-4-6-16-24(22)28/h3-20H. The fraction of sp³-hybridized carbons (Fsp3) is 0. The maximum atomic E-state index is 7.80. The van der Waals surface area contributed by atoms with Crippen molar-refractivity contribution in [1.29, 1.82) is 0 Å². The van der Waals surface area contributed by atoms with Crippen molar-refractivity contribution >= 4 is 78.9 Å². The van der Waals surface area contributed by atoms with Crippen molar-refractivity contribution in [3.8, 4) is 0 Å². The van der Waals surface area contributed by atoms with E-state index in [0.29, 0.717) is 23.3 Å². The molecule has 8 nitrogen and oxygen atoms in total. The van der Waals surface area contributed by atoms with Crippen molar-refractivity contribution in [1.82, 2.24) is 19.9 Å². The van der Waals surface area contributed by atoms with Crippen molar-refractivity contribution in [2.24, 2.45) is 0 Å². The number of para-hydroxylation sites is 2. The van der Waals surface area contributed by atoms with E-state index < -0.39 is 0 Å². The molecular formula is C34H18N8. The Morgan fingerprint density at radius 1 is 0.429 bits per heavy atom. The highest BCUT2D eigenvalue weighted by Gasteiger charge is 2.42. The van der Waals surface area contributed by atoms with E-state index in [9.17, 15) is 0 Å². The molecule has 5 aromatic carbocycles. The van der Waals surface area contributed by atoms with Crippen molar-refractivity contribution in [2.45, 2.75) is 0 Å². The van der Waals surface area contributed by atoms with Crippen LogP contribution in [0, 0.1) is 13.1 Å². The lowest BCUT2D eigenvalue weighted by Crippen LogP contribution is -2.28. The van der Waals surface area contributed by atoms with Gasteiger partial charge < -0.3 is 9.69 Å². The van der Waals surface area contributed by atoms with Gasteiger partial charge in [0.05, 0.1) is 22.4 Å². The summed E-state index contributed by atoms with van der Waals surface area (Å²) < 4.78 is 0. The van der Waals surface area contributed by atoms with Crippen molar-refractivity contribution in [3.63, 3.8) is 0 Å². The number of aromatic nitrogens is 4. The van der Waals surface area contributed by atoms with Gasteiger partial charge in [0, 0.05) is 10.8 Å². The van der Waals surface area contributed by atoms with Gasteiger partial charge in [0.2, 0.25) is 0 Å². The molecule has 2 aromatic heterocycles. The fourth-order valence-electron chi connectivity index (χ4n) is 5.60. The molecular weight excluding hydrogens is 520 g/mol. The maximum Gasteiger partial charge on any atom is 0.300 e. The van der Waals surface area contributed by atoms with Gasteiger partial charge in [-0.05, 0) is 35.0 Å². The van der Waals surface area contributed by atoms with Crippen molar-refractivity contribution < 1.29 is 0 Å². The zero-order valence-corrected chi connectivity index (χ0v) is 22.0. The largest absolute Gasteiger partial charge is 0.370 e. The van der Waals surface area contributed by atoms with Gasteiger partial charge in [0.15, 0.2) is 11.6 Å². The lowest BCUT2D eigenvalue weighted by Gasteiger charge is -2.34. The van der Waals surface area contributed by atoms with Crippen LogP contribution in [-0.4, -0.2) is 19.9 Å². The fourth-order valence-corrected chi connectivity index (χ4v) is 5.60. The highest BCUT2D eigenvalue weighted by molar-refractivity contribution is 6.08. The summed E-state index contributed by atoms with van der Waals surface area (Å²) in [6.45, 7) is 15.6. The lowest BCUT2D eigenvalue weighted by atomic mass is 10.1. The zero-order valence-electron chi connectivity index (χ0n) is 22.0. The van der Waals surface area contributed by atoms with Crippen LogP contribution < -0.4 is 9.80 Å². The molecule has 1 aliphatic rings. The predicted octanol–water partition coefficient (Wildman–Crippen LogP) is 9.08. The monoisotopic (exact) mass is 538 g/mol. The average Bonchev–Trinajstić information content (AvgIpc) is 3.05. The minimum atomic E-state index is -0.0657. The van der Waals surface area contributed by atoms with Crippen LogP contribution in [0.15, 0.2) is 109 Å². The molecule has 0 saturated heterocycles. The lowest BCUT2D eigenvalue weighted by molar-refractivity contribution is 1.02. The minimum absolute atomic E-state index is 0.0657. The molecule has 0 spiro atoms. The van der Waals surface area contributed by atoms with Crippen LogP contribution in [0.2, 0.25) is 0 Å². The molecule has 0 bridgehead atoms. The Balaban J connectivity index is 1.55. The van der Waals surface area contributed by atoms with E-state index in [1.165, 1.54) is 0 Å². The summed E-state index contributed by atoms with van der Waals surface area (Å²) in [5.74, 6) is 1.76. The number of nitrogens with zero attached hydrogens (tertiary/aromatic N) is 8. The first-order chi connectivity index (χ1) is 20.7. The SMILES string of the molecule is [C-]#[N+]c1nc2c(nc1[N+]#[C-])N(c1cccc3ccccc13)c1nc3ccccc3nc1N2c1cccc2ccccc12. The molecule has 8 rings (SSSR count). The molecule has 42 heavy (non-hydrogen) atoms. The van der Waals surface area contributed by atoms with Crippen molar-refractivity contribution in [2.75, 3.05) is 9.80 Å². The Morgan fingerprint density at radius 3 is 1.26 bits per heavy atom. The summed E-state index contributed by atoms with van der Waals surface area (Å²) in [6.07, 6.45) is 0. The van der Waals surface area contributed by atoms with Crippen LogP contribution >= 0.6 is 0 Å². The molecule has 8 heteroatoms. The van der Waals surface area contributed by atoms with Gasteiger partial charge in [-0.15, -0.1) is 9.97 Å². The molecule has 0 fully saturated rings. The van der Waals surface area contributed by atoms with Crippen LogP contribution in [0.5, 0.6) is 0 Å². The van der Waals surface area contributed by atoms with E-state index in [1.54, 1.807) is 0 Å². The molecule has 1 aliphatic heterocycles. The molecule has 0 unspecified atom stereocenters. The van der Waals surface area contributed by atoms with Gasteiger partial charge in [0.25, 0.3) is 11.6 Å². The number of anilines is 6. The molecule has 194 valence electrons. The Labute approximate surface area is 240 Å². The zero-order chi connectivity index (χ0) is 28.2. The number of benzene rings is 5. The summed E-state index contributed by atoms with van der Waals surface area (Å²) in [5, 5.41) is 4.04. The van der Waals surface area contributed by atoms with Gasteiger partial charge in [-0.25, -0.2) is 9.97 Å². The second-order valence-electron chi connectivity index (χ2n) is 9.77. The molecule has 0 amide bonds. The quantitative estimate of drug-likeness (QED) is 0.205. The number of rotatable bonds is 2. The molecule has 0 atom stereocenters. The molecule has 7 aromatic rings. The van der Waals surface area contributed by atoms with E-state index in [4.69, 9.17) is 33.1 Å². The van der Waals surface area contributed by atoms with E-state index in [0.717, 1.165) is 44.0 Å². The van der Waals surface area contributed by atoms with Crippen LogP contribution in [0.4, 0.5) is 46.3 Å². The second-order valence-corrected chi connectivity index (χ2v) is 9.77. The summed E-state index contributed by atoms with van der Waals surface area (Å²) in [7, 11) is 0. The second kappa shape index (κ2) is 9.09. The normalized spacial score (nSPS) is 12.1. The Morgan fingerprint density at radius 2 is 0.810 bits per heavy atom. The Hall–Kier alpha value is -6.38. The highest BCUT2D eigenvalue weighted by atomic mass is 15.4. The van der Waals surface area contributed by atoms with E-state index in [1.807, 2.05) is 94.7 Å². The summed E-state index contributed by atoms with van der Waals surface area (Å²) in [6, 6.07) is 36.0. The molecule has 0 N–H and O–H groups in total. The molecule has 0 aliphatic carbocycles. The molecule has 3 heterocycles. The molecule has 0 saturated carbocycles. The third-order valence-corrected chi connectivity index (χ3v) is 7.43. The smallest absolute Gasteiger partial charge is 0.300 e. The van der Waals surface area contributed by atoms with E-state index in [2.05, 4.69) is 34.0 Å². The minimum Gasteiger partial charge on any atom is -0.370 e. The summed E-state index contributed by atoms with van der Waals surface area (Å²) >= 11 is 0. The van der Waals surface area contributed by atoms with Crippen LogP contribution in [-0.2, 0) is 0 Å². The third kappa shape index (κ3) is 3.40. The number of hydrogen-bond donors (Lipinski definition) is 0. The van der Waals surface area contributed by atoms with E-state index in [-0.39, 0.29) is 11.6 Å². The van der Waals surface area contributed by atoms with Gasteiger partial charge in [0.1, 0.15) is 0 Å². The van der Waals surface area contributed by atoms with Crippen LogP contribution in [0.3, 0.4) is 0 Å². The Bertz CT molecular complexity index is 2140. The summed E-state index contributed by atoms with van der Waals surface area (Å²) in [4.78, 5) is 30.9. The van der Waals surface area contributed by atoms with E-state index >= 15 is 0 Å². The number of hydrogen-bond acceptors (Lipinski definition) is 6. The highest BCUT2D eigenvalue weighted by Crippen LogP contribution is 2.54. The first kappa shape index (κ1) is 23.5. The molecule has 0 radical (unpaired) electrons. The maximum absolute atomic E-state index is 7.80. The van der Waals surface area contributed by atoms with Gasteiger partial charge in [-0.3, -0.25) is 9.80 Å². The van der Waals surface area contributed by atoms with Gasteiger partial charge in [-0.1, -0.05) is 98.1 Å². The third-order valence-electron chi connectivity index (χ3n) is 7.43. The van der Waals surface area contributed by atoms with Crippen LogP contribution in [0.25, 0.3) is 42.3 Å². The summed E-state index contributed by atoms with van der Waals surface area (Å²) in [5.41, 5.74) is 3.08. The van der Waals surface area contributed by atoms with Crippen LogP contribution in [0.1, 0.15) is 0 Å². The first-order valence-corrected chi connectivity index (χ1v) is 13.2. The average molecular weight is 539 g/mol. The number of fused-ring (bicyclic) bond motifs is 5. The Kier molecular flexibility index (Phi) is 5.09. The van der Waals surface area contributed by atoms with Gasteiger partial charge in [-0.2, -0.15) is 0 Å².